The van der Waals surface area contributed by atoms with Crippen LogP contribution in [-0.4, -0.2) is 53.8 Å². The molecule has 0 aromatic heterocycles. The minimum atomic E-state index is -1.14. The van der Waals surface area contributed by atoms with Crippen molar-refractivity contribution in [2.75, 3.05) is 18.6 Å². The number of hydrogen-bond acceptors (Lipinski definition) is 8. The molecule has 1 aliphatic rings. The van der Waals surface area contributed by atoms with Crippen LogP contribution in [0.2, 0.25) is 0 Å². The van der Waals surface area contributed by atoms with Gasteiger partial charge in [-0.3, -0.25) is 14.9 Å². The molecule has 0 bridgehead atoms. The Kier molecular flexibility index (Phi) is 8.12. The molecule has 0 saturated heterocycles. The van der Waals surface area contributed by atoms with Gasteiger partial charge in [0, 0.05) is 24.6 Å². The van der Waals surface area contributed by atoms with Gasteiger partial charge in [0.25, 0.3) is 5.69 Å². The molecule has 0 radical (unpaired) electrons. The summed E-state index contributed by atoms with van der Waals surface area (Å²) in [5.74, 6) is -0.663. The smallest absolute Gasteiger partial charge is 0.408 e. The van der Waals surface area contributed by atoms with Crippen molar-refractivity contribution < 1.29 is 33.5 Å². The third kappa shape index (κ3) is 7.06. The van der Waals surface area contributed by atoms with Crippen LogP contribution in [-0.2, 0) is 25.5 Å². The van der Waals surface area contributed by atoms with Crippen LogP contribution in [0.5, 0.6) is 5.75 Å². The number of hydrogen-bond donors (Lipinski definition) is 1. The molecule has 188 valence electrons. The summed E-state index contributed by atoms with van der Waals surface area (Å²) in [6.07, 6.45) is -0.649. The van der Waals surface area contributed by atoms with Gasteiger partial charge >= 0.3 is 12.1 Å². The standard InChI is InChI=1S/C23H33N3O8/c1-22(2,3)33-20(28)15(24-21(29)34-23(4,5)6)8-11-18(27)25-13-12-14-17(32-7)10-9-16(19(14)25)26(30)31/h9-10,15H,8,11-13H2,1-7H3,(H,24,29). The number of carbonyl (C=O) groups is 3. The lowest BCUT2D eigenvalue weighted by atomic mass is 10.1. The van der Waals surface area contributed by atoms with Gasteiger partial charge in [-0.2, -0.15) is 0 Å². The van der Waals surface area contributed by atoms with Gasteiger partial charge in [-0.05, 0) is 60.5 Å². The van der Waals surface area contributed by atoms with Crippen molar-refractivity contribution in [2.45, 2.75) is 78.0 Å². The van der Waals surface area contributed by atoms with Gasteiger partial charge < -0.3 is 24.4 Å². The quantitative estimate of drug-likeness (QED) is 0.356. The Labute approximate surface area is 198 Å². The van der Waals surface area contributed by atoms with Gasteiger partial charge in [0.05, 0.1) is 12.0 Å². The molecule has 1 aromatic carbocycles. The molecule has 11 nitrogen and oxygen atoms in total. The fourth-order valence-corrected chi connectivity index (χ4v) is 3.55. The predicted octanol–water partition coefficient (Wildman–Crippen LogP) is 3.51. The summed E-state index contributed by atoms with van der Waals surface area (Å²) >= 11 is 0. The summed E-state index contributed by atoms with van der Waals surface area (Å²) in [5.41, 5.74) is -1.00. The Morgan fingerprint density at radius 2 is 1.74 bits per heavy atom. The normalized spacial score (nSPS) is 14.1. The van der Waals surface area contributed by atoms with E-state index in [-0.39, 0.29) is 30.8 Å². The second kappa shape index (κ2) is 10.3. The van der Waals surface area contributed by atoms with Crippen LogP contribution in [0.15, 0.2) is 12.1 Å². The van der Waals surface area contributed by atoms with Gasteiger partial charge in [0.15, 0.2) is 0 Å². The Bertz CT molecular complexity index is 962. The average molecular weight is 480 g/mol. The number of esters is 1. The first kappa shape index (κ1) is 26.9. The minimum Gasteiger partial charge on any atom is -0.496 e. The SMILES string of the molecule is COc1ccc([N+](=O)[O-])c2c1CCN2C(=O)CCC(NC(=O)OC(C)(C)C)C(=O)OC(C)(C)C. The summed E-state index contributed by atoms with van der Waals surface area (Å²) < 4.78 is 15.9. The maximum absolute atomic E-state index is 13.1. The van der Waals surface area contributed by atoms with E-state index in [1.807, 2.05) is 0 Å². The number of nitrogens with zero attached hydrogens (tertiary/aromatic N) is 2. The Balaban J connectivity index is 2.21. The molecular weight excluding hydrogens is 446 g/mol. The van der Waals surface area contributed by atoms with E-state index in [1.54, 1.807) is 41.5 Å². The van der Waals surface area contributed by atoms with Gasteiger partial charge in [0.2, 0.25) is 5.91 Å². The van der Waals surface area contributed by atoms with E-state index in [1.165, 1.54) is 24.1 Å². The molecule has 1 atom stereocenters. The number of carbonyl (C=O) groups excluding carboxylic acids is 3. The first-order chi connectivity index (χ1) is 15.6. The van der Waals surface area contributed by atoms with Gasteiger partial charge in [0.1, 0.15) is 28.7 Å². The van der Waals surface area contributed by atoms with Crippen molar-refractivity contribution >= 4 is 29.3 Å². The maximum Gasteiger partial charge on any atom is 0.408 e. The molecule has 0 spiro atoms. The number of anilines is 1. The highest BCUT2D eigenvalue weighted by molar-refractivity contribution is 5.99. The number of nitro groups is 1. The van der Waals surface area contributed by atoms with Crippen molar-refractivity contribution in [3.8, 4) is 5.75 Å². The predicted molar refractivity (Wildman–Crippen MR) is 124 cm³/mol. The van der Waals surface area contributed by atoms with Crippen molar-refractivity contribution in [3.63, 3.8) is 0 Å². The average Bonchev–Trinajstić information content (AvgIpc) is 3.12. The number of nitrogens with one attached hydrogen (secondary N) is 1. The molecule has 0 saturated carbocycles. The lowest BCUT2D eigenvalue weighted by Crippen LogP contribution is -2.46. The van der Waals surface area contributed by atoms with Crippen molar-refractivity contribution in [2.24, 2.45) is 0 Å². The van der Waals surface area contributed by atoms with E-state index >= 15 is 0 Å². The number of nitro benzene ring substituents is 1. The minimum absolute atomic E-state index is 0.0728. The van der Waals surface area contributed by atoms with Gasteiger partial charge in [-0.25, -0.2) is 9.59 Å². The highest BCUT2D eigenvalue weighted by atomic mass is 16.6. The lowest BCUT2D eigenvalue weighted by Gasteiger charge is -2.26. The van der Waals surface area contributed by atoms with Gasteiger partial charge in [-0.15, -0.1) is 0 Å². The Morgan fingerprint density at radius 3 is 2.26 bits per heavy atom. The zero-order valence-corrected chi connectivity index (χ0v) is 20.7. The molecule has 1 aromatic rings. The van der Waals surface area contributed by atoms with E-state index in [4.69, 9.17) is 14.2 Å². The number of rotatable bonds is 7. The van der Waals surface area contributed by atoms with Crippen LogP contribution < -0.4 is 15.0 Å². The van der Waals surface area contributed by atoms with E-state index in [0.29, 0.717) is 17.7 Å². The number of benzene rings is 1. The summed E-state index contributed by atoms with van der Waals surface area (Å²) in [4.78, 5) is 50.4. The maximum atomic E-state index is 13.1. The fraction of sp³-hybridized carbons (Fsp3) is 0.609. The van der Waals surface area contributed by atoms with Crippen LogP contribution >= 0.6 is 0 Å². The topological polar surface area (TPSA) is 137 Å². The number of ether oxygens (including phenoxy) is 3. The van der Waals surface area contributed by atoms with E-state index in [2.05, 4.69) is 5.32 Å². The number of amides is 2. The van der Waals surface area contributed by atoms with Gasteiger partial charge in [-0.1, -0.05) is 0 Å². The molecule has 2 rings (SSSR count). The largest absolute Gasteiger partial charge is 0.496 e. The number of methoxy groups -OCH3 is 1. The van der Waals surface area contributed by atoms with Crippen LogP contribution in [0.25, 0.3) is 0 Å². The Hall–Kier alpha value is -3.37. The number of fused-ring (bicyclic) bond motifs is 1. The first-order valence-corrected chi connectivity index (χ1v) is 11.0. The molecule has 2 amide bonds. The molecule has 1 unspecified atom stereocenters. The number of alkyl carbamates (subject to hydrolysis) is 1. The summed E-state index contributed by atoms with van der Waals surface area (Å²) in [7, 11) is 1.46. The molecule has 0 aliphatic carbocycles. The second-order valence-electron chi connectivity index (χ2n) is 9.94. The van der Waals surface area contributed by atoms with Crippen molar-refractivity contribution in [1.82, 2.24) is 5.32 Å². The molecule has 0 fully saturated rings. The van der Waals surface area contributed by atoms with Crippen LogP contribution in [0, 0.1) is 10.1 Å². The van der Waals surface area contributed by atoms with Crippen LogP contribution in [0.4, 0.5) is 16.2 Å². The van der Waals surface area contributed by atoms with Crippen molar-refractivity contribution in [3.05, 3.63) is 27.8 Å². The first-order valence-electron chi connectivity index (χ1n) is 11.0. The fourth-order valence-electron chi connectivity index (χ4n) is 3.55. The molecule has 11 heteroatoms. The summed E-state index contributed by atoms with van der Waals surface area (Å²) in [6.45, 7) is 10.4. The summed E-state index contributed by atoms with van der Waals surface area (Å²) in [5, 5.41) is 14.0. The zero-order valence-electron chi connectivity index (χ0n) is 20.7. The third-order valence-electron chi connectivity index (χ3n) is 4.82. The monoisotopic (exact) mass is 479 g/mol. The highest BCUT2D eigenvalue weighted by Gasteiger charge is 2.36. The molecule has 1 aliphatic heterocycles. The zero-order chi connectivity index (χ0) is 25.8. The third-order valence-corrected chi connectivity index (χ3v) is 4.82. The van der Waals surface area contributed by atoms with Crippen LogP contribution in [0.3, 0.4) is 0 Å². The molecule has 1 heterocycles. The molecule has 34 heavy (non-hydrogen) atoms. The van der Waals surface area contributed by atoms with E-state index in [9.17, 15) is 24.5 Å². The highest BCUT2D eigenvalue weighted by Crippen LogP contribution is 2.42. The summed E-state index contributed by atoms with van der Waals surface area (Å²) in [6, 6.07) is 1.67. The molecule has 1 N–H and O–H groups in total. The lowest BCUT2D eigenvalue weighted by molar-refractivity contribution is -0.384. The van der Waals surface area contributed by atoms with E-state index in [0.717, 1.165) is 0 Å². The van der Waals surface area contributed by atoms with Crippen LogP contribution in [0.1, 0.15) is 59.9 Å². The van der Waals surface area contributed by atoms with E-state index < -0.39 is 40.1 Å². The molecular formula is C23H33N3O8. The Morgan fingerprint density at radius 1 is 1.12 bits per heavy atom. The second-order valence-corrected chi connectivity index (χ2v) is 9.94. The van der Waals surface area contributed by atoms with Crippen molar-refractivity contribution in [1.29, 1.82) is 0 Å².